The van der Waals surface area contributed by atoms with Crippen LogP contribution in [0.1, 0.15) is 36.2 Å². The van der Waals surface area contributed by atoms with Crippen LogP contribution in [-0.4, -0.2) is 17.1 Å². The van der Waals surface area contributed by atoms with Crippen LogP contribution < -0.4 is 10.6 Å². The van der Waals surface area contributed by atoms with Gasteiger partial charge in [0.15, 0.2) is 0 Å². The zero-order valence-electron chi connectivity index (χ0n) is 9.78. The molecule has 1 heterocycles. The molecule has 1 aliphatic carbocycles. The van der Waals surface area contributed by atoms with Gasteiger partial charge in [-0.15, -0.1) is 11.3 Å². The highest BCUT2D eigenvalue weighted by atomic mass is 32.1. The van der Waals surface area contributed by atoms with E-state index in [2.05, 4.69) is 22.5 Å². The van der Waals surface area contributed by atoms with Crippen LogP contribution in [0.15, 0.2) is 6.20 Å². The maximum atomic E-state index is 11.6. The van der Waals surface area contributed by atoms with E-state index in [0.717, 1.165) is 11.4 Å². The maximum Gasteiger partial charge on any atom is 0.315 e. The SMILES string of the molecule is Cc1cnc(C(C)NC(=O)NC2CC2C)s1. The molecule has 0 bridgehead atoms. The van der Waals surface area contributed by atoms with Gasteiger partial charge in [0.05, 0.1) is 6.04 Å². The van der Waals surface area contributed by atoms with Crippen molar-refractivity contribution < 1.29 is 4.79 Å². The largest absolute Gasteiger partial charge is 0.335 e. The van der Waals surface area contributed by atoms with Crippen molar-refractivity contribution >= 4 is 17.4 Å². The van der Waals surface area contributed by atoms with E-state index in [1.807, 2.05) is 20.0 Å². The topological polar surface area (TPSA) is 54.0 Å². The van der Waals surface area contributed by atoms with E-state index in [0.29, 0.717) is 12.0 Å². The first-order valence-electron chi connectivity index (χ1n) is 5.55. The van der Waals surface area contributed by atoms with Gasteiger partial charge in [0.25, 0.3) is 0 Å². The van der Waals surface area contributed by atoms with Gasteiger partial charge in [-0.1, -0.05) is 6.92 Å². The lowest BCUT2D eigenvalue weighted by molar-refractivity contribution is 0.237. The van der Waals surface area contributed by atoms with Crippen molar-refractivity contribution in [3.05, 3.63) is 16.1 Å². The van der Waals surface area contributed by atoms with E-state index >= 15 is 0 Å². The van der Waals surface area contributed by atoms with Crippen molar-refractivity contribution in [3.8, 4) is 0 Å². The standard InChI is InChI=1S/C11H17N3OS/c1-6-4-9(6)14-11(15)13-8(3)10-12-5-7(2)16-10/h5-6,8-9H,4H2,1-3H3,(H2,13,14,15). The molecule has 4 nitrogen and oxygen atoms in total. The van der Waals surface area contributed by atoms with E-state index in [4.69, 9.17) is 0 Å². The predicted molar refractivity (Wildman–Crippen MR) is 64.5 cm³/mol. The zero-order valence-corrected chi connectivity index (χ0v) is 10.6. The minimum Gasteiger partial charge on any atom is -0.335 e. The normalized spacial score (nSPS) is 24.9. The lowest BCUT2D eigenvalue weighted by Crippen LogP contribution is -2.38. The first-order chi connectivity index (χ1) is 7.56. The highest BCUT2D eigenvalue weighted by molar-refractivity contribution is 7.11. The van der Waals surface area contributed by atoms with Gasteiger partial charge in [-0.25, -0.2) is 9.78 Å². The summed E-state index contributed by atoms with van der Waals surface area (Å²) >= 11 is 1.62. The summed E-state index contributed by atoms with van der Waals surface area (Å²) in [4.78, 5) is 17.0. The third-order valence-corrected chi connectivity index (χ3v) is 3.88. The summed E-state index contributed by atoms with van der Waals surface area (Å²) in [7, 11) is 0. The van der Waals surface area contributed by atoms with Crippen molar-refractivity contribution in [2.24, 2.45) is 5.92 Å². The van der Waals surface area contributed by atoms with Crippen LogP contribution in [0.2, 0.25) is 0 Å². The van der Waals surface area contributed by atoms with Crippen molar-refractivity contribution in [2.75, 3.05) is 0 Å². The summed E-state index contributed by atoms with van der Waals surface area (Å²) in [6.07, 6.45) is 2.93. The minimum atomic E-state index is -0.0882. The molecule has 3 unspecified atom stereocenters. The molecule has 3 atom stereocenters. The van der Waals surface area contributed by atoms with Gasteiger partial charge in [-0.05, 0) is 26.2 Å². The number of amides is 2. The van der Waals surface area contributed by atoms with Crippen LogP contribution >= 0.6 is 11.3 Å². The average Bonchev–Trinajstić information content (AvgIpc) is 2.73. The summed E-state index contributed by atoms with van der Waals surface area (Å²) in [5.41, 5.74) is 0. The zero-order chi connectivity index (χ0) is 11.7. The molecule has 0 saturated heterocycles. The quantitative estimate of drug-likeness (QED) is 0.849. The van der Waals surface area contributed by atoms with E-state index < -0.39 is 0 Å². The number of thiazole rings is 1. The number of nitrogens with zero attached hydrogens (tertiary/aromatic N) is 1. The molecule has 1 saturated carbocycles. The number of aryl methyl sites for hydroxylation is 1. The Kier molecular flexibility index (Phi) is 3.14. The van der Waals surface area contributed by atoms with Gasteiger partial charge < -0.3 is 10.6 Å². The second-order valence-corrected chi connectivity index (χ2v) is 5.73. The van der Waals surface area contributed by atoms with Crippen molar-refractivity contribution in [1.82, 2.24) is 15.6 Å². The number of nitrogens with one attached hydrogen (secondary N) is 2. The van der Waals surface area contributed by atoms with E-state index in [-0.39, 0.29) is 12.1 Å². The third-order valence-electron chi connectivity index (χ3n) is 2.78. The van der Waals surface area contributed by atoms with Gasteiger partial charge in [0, 0.05) is 17.1 Å². The second-order valence-electron chi connectivity index (χ2n) is 4.47. The van der Waals surface area contributed by atoms with Crippen molar-refractivity contribution in [2.45, 2.75) is 39.3 Å². The Labute approximate surface area is 99.5 Å². The molecule has 88 valence electrons. The summed E-state index contributed by atoms with van der Waals surface area (Å²) in [5.74, 6) is 0.628. The van der Waals surface area contributed by atoms with Crippen LogP contribution in [0, 0.1) is 12.8 Å². The molecular weight excluding hydrogens is 222 g/mol. The molecule has 0 spiro atoms. The Hall–Kier alpha value is -1.10. The molecule has 1 aliphatic rings. The highest BCUT2D eigenvalue weighted by Crippen LogP contribution is 2.28. The average molecular weight is 239 g/mol. The molecule has 0 aliphatic heterocycles. The Morgan fingerprint density at radius 3 is 2.88 bits per heavy atom. The van der Waals surface area contributed by atoms with Crippen LogP contribution in [0.5, 0.6) is 0 Å². The molecule has 5 heteroatoms. The van der Waals surface area contributed by atoms with Crippen LogP contribution in [0.3, 0.4) is 0 Å². The van der Waals surface area contributed by atoms with Crippen molar-refractivity contribution in [1.29, 1.82) is 0 Å². The number of rotatable bonds is 3. The van der Waals surface area contributed by atoms with Crippen molar-refractivity contribution in [3.63, 3.8) is 0 Å². The Bertz CT molecular complexity index is 390. The summed E-state index contributed by atoms with van der Waals surface area (Å²) in [6.45, 7) is 6.10. The summed E-state index contributed by atoms with van der Waals surface area (Å²) in [6, 6.07) is 0.257. The summed E-state index contributed by atoms with van der Waals surface area (Å²) in [5, 5.41) is 6.79. The van der Waals surface area contributed by atoms with Crippen LogP contribution in [-0.2, 0) is 0 Å². The Morgan fingerprint density at radius 2 is 2.38 bits per heavy atom. The van der Waals surface area contributed by atoms with E-state index in [1.54, 1.807) is 11.3 Å². The monoisotopic (exact) mass is 239 g/mol. The third kappa shape index (κ3) is 2.72. The van der Waals surface area contributed by atoms with E-state index in [1.165, 1.54) is 4.88 Å². The number of urea groups is 1. The first-order valence-corrected chi connectivity index (χ1v) is 6.37. The molecule has 2 rings (SSSR count). The molecular formula is C11H17N3OS. The molecule has 0 radical (unpaired) electrons. The Morgan fingerprint density at radius 1 is 1.69 bits per heavy atom. The molecule has 1 aromatic heterocycles. The van der Waals surface area contributed by atoms with Crippen LogP contribution in [0.25, 0.3) is 0 Å². The predicted octanol–water partition coefficient (Wildman–Crippen LogP) is 2.22. The number of carbonyl (C=O) groups excluding carboxylic acids is 1. The van der Waals surface area contributed by atoms with Gasteiger partial charge in [0.2, 0.25) is 0 Å². The molecule has 2 N–H and O–H groups in total. The Balaban J connectivity index is 1.82. The fraction of sp³-hybridized carbons (Fsp3) is 0.636. The molecule has 16 heavy (non-hydrogen) atoms. The van der Waals surface area contributed by atoms with E-state index in [9.17, 15) is 4.79 Å². The number of aromatic nitrogens is 1. The number of hydrogen-bond donors (Lipinski definition) is 2. The molecule has 0 aromatic carbocycles. The minimum absolute atomic E-state index is 0.0206. The lowest BCUT2D eigenvalue weighted by atomic mass is 10.3. The van der Waals surface area contributed by atoms with Gasteiger partial charge in [0.1, 0.15) is 5.01 Å². The second kappa shape index (κ2) is 4.41. The summed E-state index contributed by atoms with van der Waals surface area (Å²) < 4.78 is 0. The molecule has 1 fully saturated rings. The van der Waals surface area contributed by atoms with Crippen LogP contribution in [0.4, 0.5) is 4.79 Å². The highest BCUT2D eigenvalue weighted by Gasteiger charge is 2.34. The molecule has 2 amide bonds. The fourth-order valence-electron chi connectivity index (χ4n) is 1.56. The first kappa shape index (κ1) is 11.4. The smallest absolute Gasteiger partial charge is 0.315 e. The maximum absolute atomic E-state index is 11.6. The molecule has 1 aromatic rings. The van der Waals surface area contributed by atoms with Gasteiger partial charge >= 0.3 is 6.03 Å². The number of hydrogen-bond acceptors (Lipinski definition) is 3. The van der Waals surface area contributed by atoms with Gasteiger partial charge in [-0.3, -0.25) is 0 Å². The van der Waals surface area contributed by atoms with Gasteiger partial charge in [-0.2, -0.15) is 0 Å². The fourth-order valence-corrected chi connectivity index (χ4v) is 2.34. The number of carbonyl (C=O) groups is 1. The lowest BCUT2D eigenvalue weighted by Gasteiger charge is -2.12.